The fraction of sp³-hybridized carbons (Fsp3) is 0.471. The smallest absolute Gasteiger partial charge is 0.125 e. The van der Waals surface area contributed by atoms with Gasteiger partial charge in [-0.15, -0.1) is 0 Å². The van der Waals surface area contributed by atoms with Crippen molar-refractivity contribution >= 4 is 17.2 Å². The van der Waals surface area contributed by atoms with Gasteiger partial charge in [-0.25, -0.2) is 4.98 Å². The molecule has 4 rings (SSSR count). The predicted octanol–water partition coefficient (Wildman–Crippen LogP) is 2.70. The first kappa shape index (κ1) is 14.2. The Balaban J connectivity index is 1.42. The summed E-state index contributed by atoms with van der Waals surface area (Å²) < 4.78 is 5.80. The van der Waals surface area contributed by atoms with E-state index in [9.17, 15) is 0 Å². The lowest BCUT2D eigenvalue weighted by Crippen LogP contribution is -2.37. The van der Waals surface area contributed by atoms with Gasteiger partial charge < -0.3 is 10.1 Å². The molecule has 4 heterocycles. The van der Waals surface area contributed by atoms with Crippen molar-refractivity contribution in [2.24, 2.45) is 11.3 Å². The summed E-state index contributed by atoms with van der Waals surface area (Å²) in [5, 5.41) is 7.93. The lowest BCUT2D eigenvalue weighted by Gasteiger charge is -2.27. The van der Waals surface area contributed by atoms with Crippen LogP contribution in [0.3, 0.4) is 0 Å². The van der Waals surface area contributed by atoms with E-state index in [0.717, 1.165) is 45.2 Å². The summed E-state index contributed by atoms with van der Waals surface area (Å²) in [5.41, 5.74) is 1.66. The zero-order valence-corrected chi connectivity index (χ0v) is 13.4. The van der Waals surface area contributed by atoms with Crippen LogP contribution in [0.4, 0.5) is 5.82 Å². The molecule has 0 aliphatic carbocycles. The largest absolute Gasteiger partial charge is 0.380 e. The van der Waals surface area contributed by atoms with E-state index >= 15 is 0 Å². The van der Waals surface area contributed by atoms with Gasteiger partial charge in [-0.1, -0.05) is 6.07 Å². The van der Waals surface area contributed by atoms with E-state index in [4.69, 9.17) is 4.74 Å². The summed E-state index contributed by atoms with van der Waals surface area (Å²) in [6, 6.07) is 8.23. The lowest BCUT2D eigenvalue weighted by molar-refractivity contribution is 0.131. The van der Waals surface area contributed by atoms with E-state index in [2.05, 4.69) is 32.0 Å². The molecular formula is C17H21N3OS. The Bertz CT molecular complexity index is 604. The van der Waals surface area contributed by atoms with E-state index in [0.29, 0.717) is 5.92 Å². The fourth-order valence-electron chi connectivity index (χ4n) is 3.69. The van der Waals surface area contributed by atoms with Gasteiger partial charge >= 0.3 is 0 Å². The lowest BCUT2D eigenvalue weighted by atomic mass is 9.81. The highest BCUT2D eigenvalue weighted by Gasteiger charge is 2.50. The van der Waals surface area contributed by atoms with Crippen LogP contribution in [0.1, 0.15) is 5.56 Å². The number of likely N-dealkylation sites (tertiary alicyclic amines) is 1. The fourth-order valence-corrected chi connectivity index (χ4v) is 4.35. The number of ether oxygens (including phenoxy) is 1. The minimum absolute atomic E-state index is 0.230. The average Bonchev–Trinajstić information content (AvgIpc) is 3.23. The highest BCUT2D eigenvalue weighted by atomic mass is 32.1. The molecule has 1 N–H and O–H groups in total. The van der Waals surface area contributed by atoms with E-state index in [1.807, 2.05) is 24.4 Å². The van der Waals surface area contributed by atoms with E-state index in [1.54, 1.807) is 11.3 Å². The molecule has 0 amide bonds. The number of nitrogens with zero attached hydrogens (tertiary/aromatic N) is 2. The van der Waals surface area contributed by atoms with E-state index in [-0.39, 0.29) is 5.41 Å². The van der Waals surface area contributed by atoms with Gasteiger partial charge in [0.05, 0.1) is 13.2 Å². The molecule has 0 radical (unpaired) electrons. The van der Waals surface area contributed by atoms with Crippen LogP contribution in [0, 0.1) is 11.3 Å². The third kappa shape index (κ3) is 2.76. The first-order chi connectivity index (χ1) is 10.8. The van der Waals surface area contributed by atoms with Crippen molar-refractivity contribution in [3.05, 3.63) is 46.8 Å². The molecule has 5 heteroatoms. The van der Waals surface area contributed by atoms with Crippen molar-refractivity contribution in [1.82, 2.24) is 9.88 Å². The maximum absolute atomic E-state index is 5.80. The van der Waals surface area contributed by atoms with Crippen LogP contribution in [-0.2, 0) is 11.3 Å². The standard InChI is InChI=1S/C17H21N3OS/c1-2-5-18-16(3-1)19-11-17-12-20(7-14-4-6-22-10-14)8-15(17)9-21-13-17/h1-6,10,15H,7-9,11-13H2,(H,18,19)/t15-,17+/m1/s1. The van der Waals surface area contributed by atoms with Crippen LogP contribution in [0.25, 0.3) is 0 Å². The molecule has 2 aliphatic heterocycles. The van der Waals surface area contributed by atoms with Crippen molar-refractivity contribution < 1.29 is 4.74 Å². The Kier molecular flexibility index (Phi) is 3.86. The van der Waals surface area contributed by atoms with Crippen LogP contribution in [0.15, 0.2) is 41.2 Å². The SMILES string of the molecule is c1ccc(NC[C@]23COC[C@H]2CN(Cc2ccsc2)C3)nc1. The molecule has 2 atom stereocenters. The zero-order chi connectivity index (χ0) is 14.8. The molecule has 0 spiro atoms. The minimum atomic E-state index is 0.230. The number of pyridine rings is 1. The van der Waals surface area contributed by atoms with Gasteiger partial charge in [0.1, 0.15) is 5.82 Å². The Labute approximate surface area is 135 Å². The topological polar surface area (TPSA) is 37.4 Å². The van der Waals surface area contributed by atoms with Crippen molar-refractivity contribution in [1.29, 1.82) is 0 Å². The summed E-state index contributed by atoms with van der Waals surface area (Å²) in [4.78, 5) is 6.94. The van der Waals surface area contributed by atoms with Crippen LogP contribution < -0.4 is 5.32 Å². The van der Waals surface area contributed by atoms with E-state index < -0.39 is 0 Å². The average molecular weight is 315 g/mol. The number of thiophene rings is 1. The quantitative estimate of drug-likeness (QED) is 0.920. The normalized spacial score (nSPS) is 27.9. The molecule has 116 valence electrons. The molecular weight excluding hydrogens is 294 g/mol. The van der Waals surface area contributed by atoms with Crippen molar-refractivity contribution in [2.45, 2.75) is 6.54 Å². The molecule has 2 aliphatic rings. The van der Waals surface area contributed by atoms with Gasteiger partial charge in [0, 0.05) is 43.7 Å². The van der Waals surface area contributed by atoms with Gasteiger partial charge in [0.15, 0.2) is 0 Å². The Hall–Kier alpha value is -1.43. The first-order valence-corrected chi connectivity index (χ1v) is 8.74. The molecule has 0 unspecified atom stereocenters. The third-order valence-electron chi connectivity index (χ3n) is 4.86. The monoisotopic (exact) mass is 315 g/mol. The molecule has 0 bridgehead atoms. The van der Waals surface area contributed by atoms with Crippen molar-refractivity contribution in [2.75, 3.05) is 38.2 Å². The summed E-state index contributed by atoms with van der Waals surface area (Å²) in [7, 11) is 0. The number of nitrogens with one attached hydrogen (secondary N) is 1. The number of rotatable bonds is 5. The third-order valence-corrected chi connectivity index (χ3v) is 5.60. The minimum Gasteiger partial charge on any atom is -0.380 e. The number of hydrogen-bond acceptors (Lipinski definition) is 5. The highest BCUT2D eigenvalue weighted by Crippen LogP contribution is 2.41. The maximum Gasteiger partial charge on any atom is 0.125 e. The molecule has 4 nitrogen and oxygen atoms in total. The molecule has 0 saturated carbocycles. The Morgan fingerprint density at radius 1 is 1.41 bits per heavy atom. The van der Waals surface area contributed by atoms with Crippen LogP contribution in [0.2, 0.25) is 0 Å². The predicted molar refractivity (Wildman–Crippen MR) is 89.1 cm³/mol. The van der Waals surface area contributed by atoms with Gasteiger partial charge in [-0.3, -0.25) is 4.90 Å². The highest BCUT2D eigenvalue weighted by molar-refractivity contribution is 7.07. The van der Waals surface area contributed by atoms with Gasteiger partial charge in [-0.2, -0.15) is 11.3 Å². The first-order valence-electron chi connectivity index (χ1n) is 7.80. The summed E-state index contributed by atoms with van der Waals surface area (Å²) in [5.74, 6) is 1.58. The van der Waals surface area contributed by atoms with Crippen LogP contribution in [0.5, 0.6) is 0 Å². The van der Waals surface area contributed by atoms with Crippen molar-refractivity contribution in [3.63, 3.8) is 0 Å². The molecule has 2 aromatic heterocycles. The summed E-state index contributed by atoms with van der Waals surface area (Å²) in [6.07, 6.45) is 1.83. The second kappa shape index (κ2) is 5.99. The van der Waals surface area contributed by atoms with Gasteiger partial charge in [0.25, 0.3) is 0 Å². The number of hydrogen-bond donors (Lipinski definition) is 1. The molecule has 0 aromatic carbocycles. The number of anilines is 1. The van der Waals surface area contributed by atoms with Crippen LogP contribution >= 0.6 is 11.3 Å². The van der Waals surface area contributed by atoms with Crippen LogP contribution in [-0.4, -0.2) is 42.7 Å². The Morgan fingerprint density at radius 3 is 3.23 bits per heavy atom. The molecule has 22 heavy (non-hydrogen) atoms. The van der Waals surface area contributed by atoms with E-state index in [1.165, 1.54) is 5.56 Å². The molecule has 2 saturated heterocycles. The molecule has 2 aromatic rings. The summed E-state index contributed by atoms with van der Waals surface area (Å²) >= 11 is 1.78. The zero-order valence-electron chi connectivity index (χ0n) is 12.6. The second-order valence-corrected chi connectivity index (χ2v) is 7.22. The molecule has 2 fully saturated rings. The number of fused-ring (bicyclic) bond motifs is 1. The van der Waals surface area contributed by atoms with Crippen molar-refractivity contribution in [3.8, 4) is 0 Å². The van der Waals surface area contributed by atoms with Gasteiger partial charge in [0.2, 0.25) is 0 Å². The maximum atomic E-state index is 5.80. The van der Waals surface area contributed by atoms with Gasteiger partial charge in [-0.05, 0) is 34.5 Å². The summed E-state index contributed by atoms with van der Waals surface area (Å²) in [6.45, 7) is 5.99. The number of aromatic nitrogens is 1. The second-order valence-electron chi connectivity index (χ2n) is 6.44. The Morgan fingerprint density at radius 2 is 2.41 bits per heavy atom.